The first kappa shape index (κ1) is 17.2. The molecule has 0 saturated carbocycles. The molecule has 0 aliphatic carbocycles. The molecule has 134 valence electrons. The fourth-order valence-corrected chi connectivity index (χ4v) is 3.34. The van der Waals surface area contributed by atoms with Gasteiger partial charge in [-0.2, -0.15) is 4.98 Å². The summed E-state index contributed by atoms with van der Waals surface area (Å²) in [6.45, 7) is 6.43. The van der Waals surface area contributed by atoms with E-state index in [9.17, 15) is 4.79 Å². The van der Waals surface area contributed by atoms with Crippen LogP contribution in [0.15, 0.2) is 4.52 Å². The van der Waals surface area contributed by atoms with Crippen molar-refractivity contribution in [1.29, 1.82) is 0 Å². The summed E-state index contributed by atoms with van der Waals surface area (Å²) in [5.74, 6) is 1.58. The van der Waals surface area contributed by atoms with Gasteiger partial charge in [0.15, 0.2) is 5.82 Å². The van der Waals surface area contributed by atoms with Crippen LogP contribution in [0.5, 0.6) is 0 Å². The van der Waals surface area contributed by atoms with E-state index in [-0.39, 0.29) is 11.9 Å². The zero-order valence-electron chi connectivity index (χ0n) is 14.9. The van der Waals surface area contributed by atoms with Crippen molar-refractivity contribution in [3.8, 4) is 0 Å². The summed E-state index contributed by atoms with van der Waals surface area (Å²) in [6, 6.07) is 0.0527. The van der Waals surface area contributed by atoms with Crippen LogP contribution in [-0.4, -0.2) is 96.2 Å². The van der Waals surface area contributed by atoms with E-state index in [0.29, 0.717) is 12.4 Å². The maximum atomic E-state index is 12.1. The highest BCUT2D eigenvalue weighted by molar-refractivity contribution is 5.74. The maximum absolute atomic E-state index is 12.1. The fraction of sp³-hybridized carbons (Fsp3) is 0.812. The molecule has 0 radical (unpaired) electrons. The normalized spacial score (nSPS) is 23.5. The van der Waals surface area contributed by atoms with Crippen LogP contribution in [0, 0.1) is 0 Å². The highest BCUT2D eigenvalue weighted by Crippen LogP contribution is 2.26. The number of piperidine rings is 1. The van der Waals surface area contributed by atoms with E-state index < -0.39 is 0 Å². The minimum absolute atomic E-state index is 0.0527. The first-order valence-electron chi connectivity index (χ1n) is 8.72. The quantitative estimate of drug-likeness (QED) is 0.808. The van der Waals surface area contributed by atoms with Crippen molar-refractivity contribution in [2.45, 2.75) is 25.3 Å². The summed E-state index contributed by atoms with van der Waals surface area (Å²) in [5, 5.41) is 4.15. The molecule has 1 atom stereocenters. The summed E-state index contributed by atoms with van der Waals surface area (Å²) in [7, 11) is 5.72. The number of carbonyl (C=O) groups is 1. The van der Waals surface area contributed by atoms with Crippen molar-refractivity contribution in [2.24, 2.45) is 0 Å². The van der Waals surface area contributed by atoms with Gasteiger partial charge in [0.25, 0.3) is 0 Å². The van der Waals surface area contributed by atoms with Crippen LogP contribution >= 0.6 is 0 Å². The van der Waals surface area contributed by atoms with Gasteiger partial charge < -0.3 is 19.2 Å². The molecule has 3 heterocycles. The Hall–Kier alpha value is -1.67. The molecule has 0 unspecified atom stereocenters. The molecular weight excluding hydrogens is 308 g/mol. The largest absolute Gasteiger partial charge is 0.339 e. The highest BCUT2D eigenvalue weighted by Gasteiger charge is 2.29. The van der Waals surface area contributed by atoms with Crippen LogP contribution in [0.3, 0.4) is 0 Å². The van der Waals surface area contributed by atoms with E-state index in [1.807, 2.05) is 4.90 Å². The molecule has 8 nitrogen and oxygen atoms in total. The van der Waals surface area contributed by atoms with Crippen molar-refractivity contribution in [3.05, 3.63) is 11.7 Å². The van der Waals surface area contributed by atoms with Crippen molar-refractivity contribution < 1.29 is 9.32 Å². The van der Waals surface area contributed by atoms with Crippen molar-refractivity contribution in [3.63, 3.8) is 0 Å². The number of nitrogens with zero attached hydrogens (tertiary/aromatic N) is 6. The molecular formula is C16H28N6O2. The number of piperazine rings is 1. The first-order valence-corrected chi connectivity index (χ1v) is 8.72. The van der Waals surface area contributed by atoms with Crippen LogP contribution in [0.25, 0.3) is 0 Å². The van der Waals surface area contributed by atoms with E-state index in [0.717, 1.165) is 57.9 Å². The van der Waals surface area contributed by atoms with Crippen LogP contribution in [-0.2, 0) is 6.54 Å². The minimum Gasteiger partial charge on any atom is -0.339 e. The van der Waals surface area contributed by atoms with Crippen molar-refractivity contribution in [1.82, 2.24) is 29.7 Å². The molecule has 3 rings (SSSR count). The lowest BCUT2D eigenvalue weighted by Gasteiger charge is -2.32. The zero-order valence-corrected chi connectivity index (χ0v) is 14.9. The average molecular weight is 336 g/mol. The Balaban J connectivity index is 1.57. The number of rotatable bonds is 3. The van der Waals surface area contributed by atoms with E-state index in [1.54, 1.807) is 19.0 Å². The van der Waals surface area contributed by atoms with Gasteiger partial charge in [-0.3, -0.25) is 4.90 Å². The molecule has 0 aromatic carbocycles. The Morgan fingerprint density at radius 3 is 2.71 bits per heavy atom. The van der Waals surface area contributed by atoms with Gasteiger partial charge in [0, 0.05) is 53.4 Å². The lowest BCUT2D eigenvalue weighted by molar-refractivity contribution is 0.144. The fourth-order valence-electron chi connectivity index (χ4n) is 3.34. The lowest BCUT2D eigenvalue weighted by atomic mass is 9.98. The number of likely N-dealkylation sites (N-methyl/N-ethyl adjacent to an activating group) is 1. The first-order chi connectivity index (χ1) is 11.5. The molecule has 1 aromatic rings. The number of carbonyl (C=O) groups excluding carboxylic acids is 1. The van der Waals surface area contributed by atoms with Crippen molar-refractivity contribution in [2.75, 3.05) is 60.4 Å². The summed E-state index contributed by atoms with van der Waals surface area (Å²) < 4.78 is 5.51. The Kier molecular flexibility index (Phi) is 5.35. The van der Waals surface area contributed by atoms with Crippen LogP contribution in [0.1, 0.15) is 30.5 Å². The van der Waals surface area contributed by atoms with Gasteiger partial charge in [0.2, 0.25) is 5.89 Å². The SMILES string of the molecule is CN1CCN(Cc2noc([C@H]3CCCN(C(=O)N(C)C)C3)n2)CC1. The molecule has 2 amide bonds. The number of amides is 2. The second kappa shape index (κ2) is 7.48. The number of urea groups is 1. The molecule has 1 aromatic heterocycles. The van der Waals surface area contributed by atoms with Crippen LogP contribution in [0.4, 0.5) is 4.79 Å². The third-order valence-electron chi connectivity index (χ3n) is 4.87. The third kappa shape index (κ3) is 4.05. The van der Waals surface area contributed by atoms with E-state index in [1.165, 1.54) is 0 Å². The van der Waals surface area contributed by atoms with Crippen LogP contribution < -0.4 is 0 Å². The minimum atomic E-state index is 0.0527. The van der Waals surface area contributed by atoms with Gasteiger partial charge in [-0.15, -0.1) is 0 Å². The summed E-state index contributed by atoms with van der Waals surface area (Å²) in [4.78, 5) is 24.9. The van der Waals surface area contributed by atoms with Gasteiger partial charge in [-0.1, -0.05) is 5.16 Å². The number of hydrogen-bond acceptors (Lipinski definition) is 6. The number of likely N-dealkylation sites (tertiary alicyclic amines) is 1. The molecule has 0 bridgehead atoms. The number of hydrogen-bond donors (Lipinski definition) is 0. The predicted octanol–water partition coefficient (Wildman–Crippen LogP) is 0.678. The standard InChI is InChI=1S/C16H28N6O2/c1-19(2)16(23)22-6-4-5-13(11-22)15-17-14(18-24-15)12-21-9-7-20(3)8-10-21/h13H,4-12H2,1-3H3/t13-/m0/s1. The van der Waals surface area contributed by atoms with E-state index in [2.05, 4.69) is 27.0 Å². The smallest absolute Gasteiger partial charge is 0.319 e. The Morgan fingerprint density at radius 1 is 1.25 bits per heavy atom. The Morgan fingerprint density at radius 2 is 2.00 bits per heavy atom. The zero-order chi connectivity index (χ0) is 17.1. The average Bonchev–Trinajstić information content (AvgIpc) is 3.05. The Labute approximate surface area is 143 Å². The van der Waals surface area contributed by atoms with Gasteiger partial charge >= 0.3 is 6.03 Å². The summed E-state index contributed by atoms with van der Waals surface area (Å²) in [5.41, 5.74) is 0. The van der Waals surface area contributed by atoms with E-state index >= 15 is 0 Å². The van der Waals surface area contributed by atoms with Crippen molar-refractivity contribution >= 4 is 6.03 Å². The molecule has 0 N–H and O–H groups in total. The maximum Gasteiger partial charge on any atom is 0.319 e. The molecule has 24 heavy (non-hydrogen) atoms. The summed E-state index contributed by atoms with van der Waals surface area (Å²) in [6.07, 6.45) is 1.97. The van der Waals surface area contributed by atoms with Gasteiger partial charge in [-0.25, -0.2) is 4.79 Å². The predicted molar refractivity (Wildman–Crippen MR) is 89.7 cm³/mol. The molecule has 2 aliphatic heterocycles. The van der Waals surface area contributed by atoms with Crippen LogP contribution in [0.2, 0.25) is 0 Å². The topological polar surface area (TPSA) is 69.0 Å². The molecule has 8 heteroatoms. The third-order valence-corrected chi connectivity index (χ3v) is 4.87. The van der Waals surface area contributed by atoms with Gasteiger partial charge in [-0.05, 0) is 19.9 Å². The summed E-state index contributed by atoms with van der Waals surface area (Å²) >= 11 is 0. The second-order valence-electron chi connectivity index (χ2n) is 7.09. The lowest BCUT2D eigenvalue weighted by Crippen LogP contribution is -2.44. The Bertz CT molecular complexity index is 553. The molecule has 2 saturated heterocycles. The second-order valence-corrected chi connectivity index (χ2v) is 7.09. The molecule has 0 spiro atoms. The monoisotopic (exact) mass is 336 g/mol. The van der Waals surface area contributed by atoms with E-state index in [4.69, 9.17) is 4.52 Å². The molecule has 2 aliphatic rings. The number of aromatic nitrogens is 2. The van der Waals surface area contributed by atoms with Gasteiger partial charge in [0.05, 0.1) is 12.5 Å². The van der Waals surface area contributed by atoms with Gasteiger partial charge in [0.1, 0.15) is 0 Å². The molecule has 2 fully saturated rings. The highest BCUT2D eigenvalue weighted by atomic mass is 16.5.